The van der Waals surface area contributed by atoms with Gasteiger partial charge in [0.2, 0.25) is 17.6 Å². The molecule has 0 aliphatic carbocycles. The van der Waals surface area contributed by atoms with Crippen LogP contribution in [0.4, 0.5) is 28.7 Å². The maximum atomic E-state index is 13.4. The van der Waals surface area contributed by atoms with Crippen LogP contribution >= 0.6 is 0 Å². The Bertz CT molecular complexity index is 1450. The normalized spacial score (nSPS) is 13.6. The quantitative estimate of drug-likeness (QED) is 0.220. The zero-order valence-corrected chi connectivity index (χ0v) is 26.6. The number of piperidine rings is 1. The minimum atomic E-state index is -0.337. The first-order valence-electron chi connectivity index (χ1n) is 14.8. The first-order valence-corrected chi connectivity index (χ1v) is 14.8. The molecule has 44 heavy (non-hydrogen) atoms. The van der Waals surface area contributed by atoms with Gasteiger partial charge in [0, 0.05) is 62.8 Å². The fraction of sp³-hybridized carbons (Fsp3) is 0.394. The lowest BCUT2D eigenvalue weighted by atomic mass is 10.0. The molecule has 11 heteroatoms. The summed E-state index contributed by atoms with van der Waals surface area (Å²) in [4.78, 5) is 43.3. The molecule has 0 unspecified atom stereocenters. The number of hydrogen-bond donors (Lipinski definition) is 2. The van der Waals surface area contributed by atoms with Crippen LogP contribution in [0.1, 0.15) is 28.9 Å². The molecule has 1 saturated heterocycles. The number of nitrogens with zero attached hydrogens (tertiary/aromatic N) is 6. The lowest BCUT2D eigenvalue weighted by Crippen LogP contribution is -2.41. The van der Waals surface area contributed by atoms with Gasteiger partial charge in [-0.05, 0) is 83.5 Å². The maximum absolute atomic E-state index is 13.4. The third-order valence-corrected chi connectivity index (χ3v) is 7.88. The van der Waals surface area contributed by atoms with Gasteiger partial charge in [-0.1, -0.05) is 6.58 Å². The van der Waals surface area contributed by atoms with E-state index in [9.17, 15) is 9.59 Å². The summed E-state index contributed by atoms with van der Waals surface area (Å²) in [7, 11) is 11.8. The predicted octanol–water partition coefficient (Wildman–Crippen LogP) is 4.11. The number of aromatic nitrogens is 2. The van der Waals surface area contributed by atoms with Gasteiger partial charge in [0.25, 0.3) is 0 Å². The van der Waals surface area contributed by atoms with Crippen LogP contribution in [0.25, 0.3) is 0 Å². The summed E-state index contributed by atoms with van der Waals surface area (Å²) in [6, 6.07) is 13.5. The number of anilines is 5. The van der Waals surface area contributed by atoms with Crippen molar-refractivity contribution in [3.63, 3.8) is 0 Å². The first-order chi connectivity index (χ1) is 21.1. The Hall–Kier alpha value is -4.48. The van der Waals surface area contributed by atoms with E-state index in [-0.39, 0.29) is 23.3 Å². The van der Waals surface area contributed by atoms with Crippen LogP contribution in [0.5, 0.6) is 5.75 Å². The van der Waals surface area contributed by atoms with E-state index >= 15 is 0 Å². The van der Waals surface area contributed by atoms with Crippen molar-refractivity contribution >= 4 is 40.4 Å². The highest BCUT2D eigenvalue weighted by Gasteiger charge is 2.22. The second kappa shape index (κ2) is 14.8. The number of ketones is 1. The Kier molecular flexibility index (Phi) is 10.9. The number of benzene rings is 2. The van der Waals surface area contributed by atoms with Gasteiger partial charge in [-0.25, -0.2) is 9.97 Å². The smallest absolute Gasteiger partial charge is 0.247 e. The predicted molar refractivity (Wildman–Crippen MR) is 178 cm³/mol. The number of carbonyl (C=O) groups is 2. The molecule has 0 radical (unpaired) electrons. The summed E-state index contributed by atoms with van der Waals surface area (Å²) >= 11 is 0. The number of ether oxygens (including phenoxy) is 1. The minimum Gasteiger partial charge on any atom is -0.494 e. The topological polar surface area (TPSA) is 106 Å². The van der Waals surface area contributed by atoms with E-state index in [0.29, 0.717) is 28.7 Å². The number of hydrogen-bond acceptors (Lipinski definition) is 10. The Morgan fingerprint density at radius 2 is 1.73 bits per heavy atom. The van der Waals surface area contributed by atoms with Crippen LogP contribution < -0.4 is 25.2 Å². The lowest BCUT2D eigenvalue weighted by Gasteiger charge is -2.36. The summed E-state index contributed by atoms with van der Waals surface area (Å²) in [5.74, 6) is 0.219. The third kappa shape index (κ3) is 8.12. The van der Waals surface area contributed by atoms with Crippen molar-refractivity contribution < 1.29 is 14.3 Å². The molecule has 3 aromatic rings. The van der Waals surface area contributed by atoms with Crippen molar-refractivity contribution in [2.45, 2.75) is 18.9 Å². The van der Waals surface area contributed by atoms with Crippen molar-refractivity contribution in [1.82, 2.24) is 19.8 Å². The van der Waals surface area contributed by atoms with Crippen molar-refractivity contribution in [3.8, 4) is 5.75 Å². The minimum absolute atomic E-state index is 0.197. The molecule has 0 bridgehead atoms. The molecule has 0 atom stereocenters. The molecule has 1 aliphatic heterocycles. The summed E-state index contributed by atoms with van der Waals surface area (Å²) in [5, 5.41) is 6.05. The highest BCUT2D eigenvalue weighted by atomic mass is 16.5. The number of likely N-dealkylation sites (N-methyl/N-ethyl adjacent to an activating group) is 2. The van der Waals surface area contributed by atoms with E-state index in [1.807, 2.05) is 56.4 Å². The Balaban J connectivity index is 1.53. The van der Waals surface area contributed by atoms with Crippen molar-refractivity contribution in [3.05, 3.63) is 72.6 Å². The summed E-state index contributed by atoms with van der Waals surface area (Å²) in [6.45, 7) is 7.11. The Labute approximate surface area is 260 Å². The standard InChI is InChI=1S/C33H44N8O3/c1-8-31(42)35-27-21-28(30(44-7)22-29(27)40(6)20-19-38(2)3)37-33-34-16-13-26(36-33)32(43)23-9-11-25(12-10-23)41-17-14-24(15-18-41)39(4)5/h8-13,16,21-22,24H,1,14-15,17-20H2,2-7H3,(H,35,42)(H,34,36,37). The van der Waals surface area contributed by atoms with Gasteiger partial charge >= 0.3 is 0 Å². The van der Waals surface area contributed by atoms with Gasteiger partial charge in [0.1, 0.15) is 11.4 Å². The molecule has 1 aromatic heterocycles. The van der Waals surface area contributed by atoms with Crippen LogP contribution in [-0.4, -0.2) is 106 Å². The molecule has 234 valence electrons. The fourth-order valence-electron chi connectivity index (χ4n) is 5.18. The number of methoxy groups -OCH3 is 1. The average molecular weight is 601 g/mol. The third-order valence-electron chi connectivity index (χ3n) is 7.88. The second-order valence-electron chi connectivity index (χ2n) is 11.4. The van der Waals surface area contributed by atoms with Crippen LogP contribution in [0.15, 0.2) is 61.3 Å². The highest BCUT2D eigenvalue weighted by molar-refractivity contribution is 6.08. The number of rotatable bonds is 13. The first kappa shape index (κ1) is 32.4. The van der Waals surface area contributed by atoms with Crippen LogP contribution in [-0.2, 0) is 4.79 Å². The second-order valence-corrected chi connectivity index (χ2v) is 11.4. The number of nitrogens with one attached hydrogen (secondary N) is 2. The molecule has 1 fully saturated rings. The fourth-order valence-corrected chi connectivity index (χ4v) is 5.18. The zero-order chi connectivity index (χ0) is 31.8. The molecule has 2 aromatic carbocycles. The van der Waals surface area contributed by atoms with E-state index in [1.165, 1.54) is 6.08 Å². The molecule has 1 aliphatic rings. The lowest BCUT2D eigenvalue weighted by molar-refractivity contribution is -0.111. The van der Waals surface area contributed by atoms with E-state index in [4.69, 9.17) is 4.74 Å². The molecule has 0 spiro atoms. The monoisotopic (exact) mass is 600 g/mol. The molecule has 4 rings (SSSR count). The summed E-state index contributed by atoms with van der Waals surface area (Å²) in [5.41, 5.74) is 3.81. The number of amides is 1. The molecule has 2 N–H and O–H groups in total. The summed E-state index contributed by atoms with van der Waals surface area (Å²) < 4.78 is 5.68. The van der Waals surface area contributed by atoms with Crippen LogP contribution in [0.2, 0.25) is 0 Å². The van der Waals surface area contributed by atoms with E-state index in [0.717, 1.165) is 50.4 Å². The van der Waals surface area contributed by atoms with E-state index in [1.54, 1.807) is 25.4 Å². The van der Waals surface area contributed by atoms with Crippen molar-refractivity contribution in [2.24, 2.45) is 0 Å². The maximum Gasteiger partial charge on any atom is 0.247 e. The van der Waals surface area contributed by atoms with E-state index < -0.39 is 0 Å². The van der Waals surface area contributed by atoms with Gasteiger partial charge in [0.05, 0.1) is 24.2 Å². The molecule has 2 heterocycles. The summed E-state index contributed by atoms with van der Waals surface area (Å²) in [6.07, 6.45) is 5.00. The van der Waals surface area contributed by atoms with Gasteiger partial charge in [-0.2, -0.15) is 0 Å². The average Bonchev–Trinajstić information content (AvgIpc) is 3.03. The van der Waals surface area contributed by atoms with Crippen LogP contribution in [0.3, 0.4) is 0 Å². The molecular formula is C33H44N8O3. The van der Waals surface area contributed by atoms with Crippen molar-refractivity contribution in [2.75, 3.05) is 89.0 Å². The zero-order valence-electron chi connectivity index (χ0n) is 26.6. The SMILES string of the molecule is C=CC(=O)Nc1cc(Nc2nccc(C(=O)c3ccc(N4CCC(N(C)C)CC4)cc3)n2)c(OC)cc1N(C)CCN(C)C. The highest BCUT2D eigenvalue weighted by Crippen LogP contribution is 2.38. The van der Waals surface area contributed by atoms with Gasteiger partial charge < -0.3 is 35.0 Å². The van der Waals surface area contributed by atoms with Gasteiger partial charge in [0.15, 0.2) is 0 Å². The van der Waals surface area contributed by atoms with Gasteiger partial charge in [-0.3, -0.25) is 9.59 Å². The molecule has 0 saturated carbocycles. The molecule has 11 nitrogen and oxygen atoms in total. The Morgan fingerprint density at radius 1 is 1.02 bits per heavy atom. The Morgan fingerprint density at radius 3 is 2.34 bits per heavy atom. The largest absolute Gasteiger partial charge is 0.494 e. The van der Waals surface area contributed by atoms with E-state index in [2.05, 4.69) is 56.0 Å². The van der Waals surface area contributed by atoms with Crippen molar-refractivity contribution in [1.29, 1.82) is 0 Å². The number of carbonyl (C=O) groups excluding carboxylic acids is 2. The molecular weight excluding hydrogens is 556 g/mol. The van der Waals surface area contributed by atoms with Gasteiger partial charge in [-0.15, -0.1) is 0 Å². The van der Waals surface area contributed by atoms with Crippen LogP contribution in [0, 0.1) is 0 Å². The molecule has 1 amide bonds.